The Hall–Kier alpha value is -3.62. The molecule has 128 valence electrons. The summed E-state index contributed by atoms with van der Waals surface area (Å²) in [6.45, 7) is -0.150. The minimum absolute atomic E-state index is 0.0299. The van der Waals surface area contributed by atoms with Crippen LogP contribution >= 0.6 is 0 Å². The first-order chi connectivity index (χ1) is 12.1. The fourth-order valence-corrected chi connectivity index (χ4v) is 2.10. The second-order valence-corrected chi connectivity index (χ2v) is 4.88. The maximum Gasteiger partial charge on any atom is 0.338 e. The van der Waals surface area contributed by atoms with Crippen molar-refractivity contribution in [2.24, 2.45) is 0 Å². The van der Waals surface area contributed by atoms with Crippen LogP contribution in [0.25, 0.3) is 11.5 Å². The summed E-state index contributed by atoms with van der Waals surface area (Å²) in [6, 6.07) is 8.78. The molecule has 0 fully saturated rings. The van der Waals surface area contributed by atoms with Crippen LogP contribution in [-0.2, 0) is 11.3 Å². The Balaban J connectivity index is 1.69. The number of nitro groups is 1. The van der Waals surface area contributed by atoms with E-state index < -0.39 is 10.9 Å². The lowest BCUT2D eigenvalue weighted by molar-refractivity contribution is -0.385. The van der Waals surface area contributed by atoms with Crippen LogP contribution in [0.4, 0.5) is 5.69 Å². The fourth-order valence-electron chi connectivity index (χ4n) is 2.10. The first-order valence-electron chi connectivity index (χ1n) is 7.07. The van der Waals surface area contributed by atoms with Crippen molar-refractivity contribution in [3.8, 4) is 17.3 Å². The lowest BCUT2D eigenvalue weighted by Gasteiger charge is -2.05. The number of methoxy groups -OCH3 is 1. The number of hydrogen-bond donors (Lipinski definition) is 0. The average Bonchev–Trinajstić information content (AvgIpc) is 3.30. The van der Waals surface area contributed by atoms with Crippen molar-refractivity contribution in [2.45, 2.75) is 6.61 Å². The van der Waals surface area contributed by atoms with Crippen molar-refractivity contribution in [1.29, 1.82) is 0 Å². The molecule has 2 heterocycles. The Labute approximate surface area is 140 Å². The van der Waals surface area contributed by atoms with Crippen LogP contribution in [0.15, 0.2) is 51.6 Å². The van der Waals surface area contributed by atoms with E-state index in [9.17, 15) is 14.9 Å². The summed E-state index contributed by atoms with van der Waals surface area (Å²) >= 11 is 0. The quantitative estimate of drug-likeness (QED) is 0.380. The van der Waals surface area contributed by atoms with Gasteiger partial charge in [-0.1, -0.05) is 5.16 Å². The summed E-state index contributed by atoms with van der Waals surface area (Å²) in [5.41, 5.74) is 0.0866. The predicted molar refractivity (Wildman–Crippen MR) is 83.0 cm³/mol. The van der Waals surface area contributed by atoms with Crippen molar-refractivity contribution in [1.82, 2.24) is 5.16 Å². The number of ether oxygens (including phenoxy) is 2. The van der Waals surface area contributed by atoms with Crippen LogP contribution < -0.4 is 4.74 Å². The summed E-state index contributed by atoms with van der Waals surface area (Å²) in [4.78, 5) is 22.4. The third-order valence-electron chi connectivity index (χ3n) is 3.29. The maximum absolute atomic E-state index is 12.1. The topological polar surface area (TPSA) is 118 Å². The van der Waals surface area contributed by atoms with Crippen LogP contribution in [0.3, 0.4) is 0 Å². The molecule has 0 aliphatic carbocycles. The molecule has 25 heavy (non-hydrogen) atoms. The Morgan fingerprint density at radius 1 is 1.28 bits per heavy atom. The molecule has 2 aromatic heterocycles. The zero-order chi connectivity index (χ0) is 17.8. The summed E-state index contributed by atoms with van der Waals surface area (Å²) < 4.78 is 20.2. The van der Waals surface area contributed by atoms with Gasteiger partial charge < -0.3 is 18.4 Å². The molecular weight excluding hydrogens is 332 g/mol. The van der Waals surface area contributed by atoms with Gasteiger partial charge in [-0.25, -0.2) is 4.79 Å². The van der Waals surface area contributed by atoms with Crippen molar-refractivity contribution >= 4 is 11.7 Å². The number of nitro benzene ring substituents is 1. The monoisotopic (exact) mass is 344 g/mol. The molecule has 9 nitrogen and oxygen atoms in total. The molecule has 1 aromatic carbocycles. The van der Waals surface area contributed by atoms with Gasteiger partial charge in [0.25, 0.3) is 0 Å². The van der Waals surface area contributed by atoms with Gasteiger partial charge in [0.05, 0.1) is 23.9 Å². The van der Waals surface area contributed by atoms with Gasteiger partial charge in [0, 0.05) is 12.1 Å². The van der Waals surface area contributed by atoms with E-state index in [1.165, 1.54) is 25.5 Å². The lowest BCUT2D eigenvalue weighted by Crippen LogP contribution is -2.06. The average molecular weight is 344 g/mol. The van der Waals surface area contributed by atoms with Gasteiger partial charge >= 0.3 is 11.7 Å². The SMILES string of the molecule is COc1ccc(C(=O)OCc2cc(-c3ccco3)on2)cc1[N+](=O)[O-]. The highest BCUT2D eigenvalue weighted by molar-refractivity contribution is 5.90. The van der Waals surface area contributed by atoms with E-state index in [0.29, 0.717) is 17.2 Å². The third-order valence-corrected chi connectivity index (χ3v) is 3.29. The first-order valence-corrected chi connectivity index (χ1v) is 7.07. The standard InChI is InChI=1S/C16H12N2O7/c1-22-13-5-4-10(7-12(13)18(20)21)16(19)24-9-11-8-15(25-17-11)14-3-2-6-23-14/h2-8H,9H2,1H3. The number of nitrogens with zero attached hydrogens (tertiary/aromatic N) is 2. The molecule has 0 saturated carbocycles. The molecule has 0 N–H and O–H groups in total. The predicted octanol–water partition coefficient (Wildman–Crippen LogP) is 3.21. The second kappa shape index (κ2) is 6.87. The molecule has 0 aliphatic heterocycles. The van der Waals surface area contributed by atoms with Crippen molar-refractivity contribution < 1.29 is 28.1 Å². The zero-order valence-electron chi connectivity index (χ0n) is 13.0. The Morgan fingerprint density at radius 2 is 2.12 bits per heavy atom. The highest BCUT2D eigenvalue weighted by Gasteiger charge is 2.19. The lowest BCUT2D eigenvalue weighted by atomic mass is 10.2. The van der Waals surface area contributed by atoms with Crippen LogP contribution in [0.1, 0.15) is 16.1 Å². The number of benzene rings is 1. The van der Waals surface area contributed by atoms with Gasteiger partial charge in [0.1, 0.15) is 12.3 Å². The summed E-state index contributed by atoms with van der Waals surface area (Å²) in [7, 11) is 1.31. The smallest absolute Gasteiger partial charge is 0.338 e. The highest BCUT2D eigenvalue weighted by atomic mass is 16.6. The summed E-state index contributed by atoms with van der Waals surface area (Å²) in [5.74, 6) is 0.224. The summed E-state index contributed by atoms with van der Waals surface area (Å²) in [5, 5.41) is 14.8. The number of aromatic nitrogens is 1. The number of carbonyl (C=O) groups is 1. The van der Waals surface area contributed by atoms with E-state index in [1.807, 2.05) is 0 Å². The Morgan fingerprint density at radius 3 is 2.80 bits per heavy atom. The molecule has 0 spiro atoms. The molecule has 0 atom stereocenters. The van der Waals surface area contributed by atoms with Crippen LogP contribution in [0, 0.1) is 10.1 Å². The van der Waals surface area contributed by atoms with Gasteiger partial charge in [-0.2, -0.15) is 0 Å². The van der Waals surface area contributed by atoms with Crippen molar-refractivity contribution in [3.63, 3.8) is 0 Å². The number of hydrogen-bond acceptors (Lipinski definition) is 8. The molecule has 0 bridgehead atoms. The van der Waals surface area contributed by atoms with Gasteiger partial charge in [0.2, 0.25) is 5.76 Å². The van der Waals surface area contributed by atoms with Gasteiger partial charge in [0.15, 0.2) is 11.5 Å². The fraction of sp³-hybridized carbons (Fsp3) is 0.125. The number of esters is 1. The van der Waals surface area contributed by atoms with Crippen LogP contribution in [-0.4, -0.2) is 23.2 Å². The zero-order valence-corrected chi connectivity index (χ0v) is 13.0. The maximum atomic E-state index is 12.1. The molecule has 0 radical (unpaired) electrons. The van der Waals surface area contributed by atoms with Crippen molar-refractivity contribution in [2.75, 3.05) is 7.11 Å². The van der Waals surface area contributed by atoms with E-state index in [1.54, 1.807) is 18.2 Å². The van der Waals surface area contributed by atoms with E-state index in [4.69, 9.17) is 18.4 Å². The molecule has 0 unspecified atom stereocenters. The Bertz CT molecular complexity index is 899. The minimum Gasteiger partial charge on any atom is -0.490 e. The molecule has 9 heteroatoms. The third kappa shape index (κ3) is 3.50. The van der Waals surface area contributed by atoms with Crippen LogP contribution in [0.2, 0.25) is 0 Å². The number of carbonyl (C=O) groups excluding carboxylic acids is 1. The number of furan rings is 1. The summed E-state index contributed by atoms with van der Waals surface area (Å²) in [6.07, 6.45) is 1.49. The molecule has 3 aromatic rings. The van der Waals surface area contributed by atoms with Gasteiger partial charge in [-0.05, 0) is 24.3 Å². The van der Waals surface area contributed by atoms with Crippen LogP contribution in [0.5, 0.6) is 5.75 Å². The van der Waals surface area contributed by atoms with E-state index >= 15 is 0 Å². The Kier molecular flexibility index (Phi) is 4.46. The second-order valence-electron chi connectivity index (χ2n) is 4.88. The number of rotatable bonds is 6. The van der Waals surface area contributed by atoms with E-state index in [2.05, 4.69) is 5.16 Å². The minimum atomic E-state index is -0.728. The largest absolute Gasteiger partial charge is 0.490 e. The molecular formula is C16H12N2O7. The molecule has 3 rings (SSSR count). The molecule has 0 amide bonds. The van der Waals surface area contributed by atoms with E-state index in [0.717, 1.165) is 6.07 Å². The molecule has 0 aliphatic rings. The van der Waals surface area contributed by atoms with E-state index in [-0.39, 0.29) is 23.6 Å². The van der Waals surface area contributed by atoms with Gasteiger partial charge in [-0.15, -0.1) is 0 Å². The first kappa shape index (κ1) is 16.2. The molecule has 0 saturated heterocycles. The van der Waals surface area contributed by atoms with Gasteiger partial charge in [-0.3, -0.25) is 10.1 Å². The highest BCUT2D eigenvalue weighted by Crippen LogP contribution is 2.28. The van der Waals surface area contributed by atoms with Crippen molar-refractivity contribution in [3.05, 3.63) is 64.0 Å². The normalized spacial score (nSPS) is 10.4.